The van der Waals surface area contributed by atoms with Crippen LogP contribution in [0.2, 0.25) is 0 Å². The van der Waals surface area contributed by atoms with E-state index in [1.807, 2.05) is 72.8 Å². The van der Waals surface area contributed by atoms with E-state index in [9.17, 15) is 5.11 Å². The minimum atomic E-state index is -1.18. The van der Waals surface area contributed by atoms with Crippen molar-refractivity contribution in [1.29, 1.82) is 0 Å². The van der Waals surface area contributed by atoms with E-state index in [0.29, 0.717) is 11.5 Å². The van der Waals surface area contributed by atoms with E-state index in [2.05, 4.69) is 0 Å². The minimum absolute atomic E-state index is 0.178. The van der Waals surface area contributed by atoms with Crippen molar-refractivity contribution in [2.24, 2.45) is 0 Å². The molecule has 1 unspecified atom stereocenters. The number of aliphatic hydroxyl groups excluding tert-OH is 1. The quantitative estimate of drug-likeness (QED) is 0.321. The van der Waals surface area contributed by atoms with Crippen LogP contribution in [0, 0.1) is 0 Å². The first-order valence-corrected chi connectivity index (χ1v) is 11.4. The van der Waals surface area contributed by atoms with Gasteiger partial charge in [0.25, 0.3) is 0 Å². The lowest BCUT2D eigenvalue weighted by atomic mass is 10.00. The Hall–Kier alpha value is -2.98. The summed E-state index contributed by atoms with van der Waals surface area (Å²) in [6.45, 7) is 2.16. The van der Waals surface area contributed by atoms with Gasteiger partial charge in [-0.15, -0.1) is 0 Å². The summed E-state index contributed by atoms with van der Waals surface area (Å²) in [5.41, 5.74) is 1.84. The summed E-state index contributed by atoms with van der Waals surface area (Å²) in [5, 5.41) is 11.2. The molecule has 4 rings (SSSR count). The molecule has 1 heterocycles. The fraction of sp³-hybridized carbons (Fsp3) is 0.333. The summed E-state index contributed by atoms with van der Waals surface area (Å²) in [7, 11) is 1.55. The molecule has 0 amide bonds. The number of benzene rings is 3. The topological polar surface area (TPSA) is 84.8 Å². The Kier molecular flexibility index (Phi) is 9.08. The Labute approximate surface area is 204 Å². The highest BCUT2D eigenvalue weighted by Gasteiger charge is 2.48. The lowest BCUT2D eigenvalue weighted by Crippen LogP contribution is -2.60. The van der Waals surface area contributed by atoms with Gasteiger partial charge in [-0.05, 0) is 30.2 Å². The van der Waals surface area contributed by atoms with Crippen LogP contribution in [0.4, 0.5) is 0 Å². The Morgan fingerprint density at radius 1 is 0.714 bits per heavy atom. The molecule has 186 valence electrons. The second kappa shape index (κ2) is 12.6. The molecule has 0 radical (unpaired) electrons. The zero-order valence-corrected chi connectivity index (χ0v) is 19.7. The molecular weight excluding hydrogens is 452 g/mol. The van der Waals surface area contributed by atoms with Crippen LogP contribution in [0.3, 0.4) is 0 Å². The van der Waals surface area contributed by atoms with E-state index in [4.69, 9.17) is 33.8 Å². The van der Waals surface area contributed by atoms with Crippen molar-refractivity contribution >= 4 is 0 Å². The Morgan fingerprint density at radius 3 is 1.80 bits per heavy atom. The molecule has 0 aliphatic carbocycles. The van der Waals surface area contributed by atoms with Gasteiger partial charge in [0.05, 0.1) is 13.2 Å². The molecule has 8 nitrogen and oxygen atoms in total. The number of hydrogen-bond donors (Lipinski definition) is 1. The second-order valence-electron chi connectivity index (χ2n) is 8.09. The van der Waals surface area contributed by atoms with E-state index in [1.165, 1.54) is 0 Å². The fourth-order valence-electron chi connectivity index (χ4n) is 3.68. The van der Waals surface area contributed by atoms with Gasteiger partial charge in [-0.2, -0.15) is 0 Å². The average molecular weight is 483 g/mol. The van der Waals surface area contributed by atoms with Gasteiger partial charge >= 0.3 is 0 Å². The molecular formula is C27H30O8. The summed E-state index contributed by atoms with van der Waals surface area (Å²) < 4.78 is 17.5. The number of aliphatic hydroxyl groups is 1. The van der Waals surface area contributed by atoms with Crippen LogP contribution in [0.1, 0.15) is 18.1 Å². The zero-order chi connectivity index (χ0) is 24.5. The maximum atomic E-state index is 11.2. The summed E-state index contributed by atoms with van der Waals surface area (Å²) in [5.74, 6) is 0.961. The lowest BCUT2D eigenvalue weighted by molar-refractivity contribution is -0.434. The van der Waals surface area contributed by atoms with Crippen LogP contribution in [0.5, 0.6) is 11.5 Å². The van der Waals surface area contributed by atoms with E-state index >= 15 is 0 Å². The Bertz CT molecular complexity index is 1020. The second-order valence-corrected chi connectivity index (χ2v) is 8.09. The lowest BCUT2D eigenvalue weighted by Gasteiger charge is -2.41. The number of methoxy groups -OCH3 is 1. The normalized spacial score (nSPS) is 24.1. The van der Waals surface area contributed by atoms with Crippen LogP contribution >= 0.6 is 0 Å². The largest absolute Gasteiger partial charge is 0.493 e. The SMILES string of the molecule is COc1ccccc1OC1O[C@H](C)[C@@H](OOCc2ccccc2)[C@H](O)[C@@H]1OOCc1ccccc1. The molecule has 1 aliphatic rings. The van der Waals surface area contributed by atoms with Crippen molar-refractivity contribution in [3.05, 3.63) is 96.1 Å². The van der Waals surface area contributed by atoms with E-state index < -0.39 is 30.7 Å². The van der Waals surface area contributed by atoms with Gasteiger partial charge in [0.15, 0.2) is 17.6 Å². The molecule has 0 spiro atoms. The van der Waals surface area contributed by atoms with Crippen molar-refractivity contribution in [2.75, 3.05) is 7.11 Å². The van der Waals surface area contributed by atoms with Gasteiger partial charge in [0.2, 0.25) is 6.29 Å². The molecule has 0 aromatic heterocycles. The number of rotatable bonds is 11. The molecule has 1 aliphatic heterocycles. The van der Waals surface area contributed by atoms with Crippen LogP contribution in [0.15, 0.2) is 84.9 Å². The fourth-order valence-corrected chi connectivity index (χ4v) is 3.68. The van der Waals surface area contributed by atoms with Gasteiger partial charge in [-0.3, -0.25) is 0 Å². The molecule has 3 aromatic rings. The third-order valence-corrected chi connectivity index (χ3v) is 5.56. The zero-order valence-electron chi connectivity index (χ0n) is 19.7. The van der Waals surface area contributed by atoms with Crippen molar-refractivity contribution < 1.29 is 38.9 Å². The van der Waals surface area contributed by atoms with Gasteiger partial charge in [-0.1, -0.05) is 72.8 Å². The molecule has 1 N–H and O–H groups in total. The third-order valence-electron chi connectivity index (χ3n) is 5.56. The molecule has 0 bridgehead atoms. The van der Waals surface area contributed by atoms with Crippen LogP contribution in [-0.2, 0) is 37.5 Å². The highest BCUT2D eigenvalue weighted by molar-refractivity contribution is 5.39. The van der Waals surface area contributed by atoms with Crippen molar-refractivity contribution in [2.45, 2.75) is 50.8 Å². The van der Waals surface area contributed by atoms with Crippen LogP contribution in [0.25, 0.3) is 0 Å². The number of para-hydroxylation sites is 2. The third kappa shape index (κ3) is 6.79. The first-order chi connectivity index (χ1) is 17.2. The molecule has 1 fully saturated rings. The van der Waals surface area contributed by atoms with Crippen molar-refractivity contribution in [1.82, 2.24) is 0 Å². The first kappa shape index (κ1) is 25.1. The van der Waals surface area contributed by atoms with Crippen molar-refractivity contribution in [3.8, 4) is 11.5 Å². The molecule has 35 heavy (non-hydrogen) atoms. The average Bonchev–Trinajstić information content (AvgIpc) is 2.89. The summed E-state index contributed by atoms with van der Waals surface area (Å²) >= 11 is 0. The number of ether oxygens (including phenoxy) is 3. The predicted molar refractivity (Wildman–Crippen MR) is 126 cm³/mol. The Balaban J connectivity index is 1.44. The molecule has 0 saturated carbocycles. The molecule has 3 aromatic carbocycles. The first-order valence-electron chi connectivity index (χ1n) is 11.4. The van der Waals surface area contributed by atoms with Crippen LogP contribution in [-0.4, -0.2) is 42.9 Å². The summed E-state index contributed by atoms with van der Waals surface area (Å²) in [6.07, 6.45) is -4.63. The summed E-state index contributed by atoms with van der Waals surface area (Å²) in [6, 6.07) is 26.3. The van der Waals surface area contributed by atoms with Gasteiger partial charge in [0, 0.05) is 0 Å². The maximum Gasteiger partial charge on any atom is 0.232 e. The summed E-state index contributed by atoms with van der Waals surface area (Å²) in [4.78, 5) is 22.1. The van der Waals surface area contributed by atoms with E-state index in [1.54, 1.807) is 26.2 Å². The highest BCUT2D eigenvalue weighted by atomic mass is 17.2. The van der Waals surface area contributed by atoms with Gasteiger partial charge in [-0.25, -0.2) is 19.6 Å². The highest BCUT2D eigenvalue weighted by Crippen LogP contribution is 2.32. The van der Waals surface area contributed by atoms with Crippen molar-refractivity contribution in [3.63, 3.8) is 0 Å². The van der Waals surface area contributed by atoms with E-state index in [0.717, 1.165) is 11.1 Å². The van der Waals surface area contributed by atoms with Crippen LogP contribution < -0.4 is 9.47 Å². The van der Waals surface area contributed by atoms with E-state index in [-0.39, 0.29) is 13.2 Å². The number of hydrogen-bond acceptors (Lipinski definition) is 8. The predicted octanol–water partition coefficient (Wildman–Crippen LogP) is 4.21. The monoisotopic (exact) mass is 482 g/mol. The van der Waals surface area contributed by atoms with Gasteiger partial charge < -0.3 is 19.3 Å². The Morgan fingerprint density at radius 2 is 1.23 bits per heavy atom. The smallest absolute Gasteiger partial charge is 0.232 e. The molecule has 1 saturated heterocycles. The molecule has 8 heteroatoms. The van der Waals surface area contributed by atoms with Gasteiger partial charge in [0.1, 0.15) is 25.4 Å². The molecule has 5 atom stereocenters. The maximum absolute atomic E-state index is 11.2. The standard InChI is InChI=1S/C27H30O8/c1-19-25(34-30-17-20-11-5-3-6-12-20)24(28)26(35-31-18-21-13-7-4-8-14-21)27(32-19)33-23-16-10-9-15-22(23)29-2/h3-16,19,24-28H,17-18H2,1-2H3/t19-,24+,25-,26+,27?/m1/s1. The minimum Gasteiger partial charge on any atom is -0.493 e.